The van der Waals surface area contributed by atoms with E-state index < -0.39 is 0 Å². The number of thioether (sulfide) groups is 1. The van der Waals surface area contributed by atoms with Crippen LogP contribution in [0.3, 0.4) is 0 Å². The molecule has 1 aromatic rings. The fourth-order valence-corrected chi connectivity index (χ4v) is 3.42. The van der Waals surface area contributed by atoms with Gasteiger partial charge in [0.15, 0.2) is 0 Å². The molecule has 1 aliphatic rings. The van der Waals surface area contributed by atoms with Crippen molar-refractivity contribution in [2.24, 2.45) is 0 Å². The Labute approximate surface area is 154 Å². The molecule has 0 spiro atoms. The van der Waals surface area contributed by atoms with Gasteiger partial charge in [-0.2, -0.15) is 11.8 Å². The summed E-state index contributed by atoms with van der Waals surface area (Å²) in [4.78, 5) is 24.2. The number of hydrogen-bond donors (Lipinski definition) is 3. The van der Waals surface area contributed by atoms with E-state index in [1.165, 1.54) is 0 Å². The van der Waals surface area contributed by atoms with Gasteiger partial charge in [0.05, 0.1) is 0 Å². The van der Waals surface area contributed by atoms with Crippen LogP contribution in [0.5, 0.6) is 0 Å². The first-order chi connectivity index (χ1) is 11.0. The van der Waals surface area contributed by atoms with E-state index in [2.05, 4.69) is 16.0 Å². The Morgan fingerprint density at radius 3 is 2.71 bits per heavy atom. The van der Waals surface area contributed by atoms with Crippen molar-refractivity contribution in [3.05, 3.63) is 29.3 Å². The summed E-state index contributed by atoms with van der Waals surface area (Å²) < 4.78 is 0. The smallest absolute Gasteiger partial charge is 0.251 e. The molecule has 1 aromatic carbocycles. The van der Waals surface area contributed by atoms with Crippen LogP contribution in [0.2, 0.25) is 0 Å². The summed E-state index contributed by atoms with van der Waals surface area (Å²) in [5.74, 6) is 1.99. The second-order valence-electron chi connectivity index (χ2n) is 6.14. The topological polar surface area (TPSA) is 70.2 Å². The number of aryl methyl sites for hydroxylation is 1. The van der Waals surface area contributed by atoms with Gasteiger partial charge in [-0.25, -0.2) is 0 Å². The molecule has 1 atom stereocenters. The summed E-state index contributed by atoms with van der Waals surface area (Å²) in [7, 11) is 0. The molecule has 0 aliphatic carbocycles. The molecule has 5 nitrogen and oxygen atoms in total. The molecule has 3 N–H and O–H groups in total. The standard InChI is InChI=1S/C17H25N3O2S.ClH/c1-11(2)19-17(22)13-4-5-15(12(3)8-13)20-16(21)9-14-10-23-7-6-18-14;/h4-5,8,11,14,18H,6-7,9-10H2,1-3H3,(H,19,22)(H,20,21);1H. The zero-order valence-electron chi connectivity index (χ0n) is 14.3. The van der Waals surface area contributed by atoms with E-state index in [4.69, 9.17) is 0 Å². The van der Waals surface area contributed by atoms with Crippen LogP contribution in [-0.2, 0) is 4.79 Å². The third-order valence-electron chi connectivity index (χ3n) is 3.61. The van der Waals surface area contributed by atoms with Gasteiger partial charge in [-0.15, -0.1) is 12.4 Å². The SMILES string of the molecule is Cc1cc(C(=O)NC(C)C)ccc1NC(=O)CC1CSCCN1.Cl. The predicted molar refractivity (Wildman–Crippen MR) is 103 cm³/mol. The van der Waals surface area contributed by atoms with Crippen LogP contribution in [0.15, 0.2) is 18.2 Å². The molecule has 2 amide bonds. The van der Waals surface area contributed by atoms with Gasteiger partial charge >= 0.3 is 0 Å². The molecule has 0 aromatic heterocycles. The Balaban J connectivity index is 0.00000288. The molecule has 1 aliphatic heterocycles. The molecule has 134 valence electrons. The van der Waals surface area contributed by atoms with E-state index >= 15 is 0 Å². The molecule has 1 heterocycles. The molecule has 1 fully saturated rings. The van der Waals surface area contributed by atoms with Crippen molar-refractivity contribution in [1.82, 2.24) is 10.6 Å². The Bertz CT molecular complexity index is 575. The quantitative estimate of drug-likeness (QED) is 0.744. The molecular formula is C17H26ClN3O2S. The lowest BCUT2D eigenvalue weighted by Gasteiger charge is -2.22. The Hall–Kier alpha value is -1.24. The minimum atomic E-state index is -0.0931. The van der Waals surface area contributed by atoms with E-state index in [9.17, 15) is 9.59 Å². The lowest BCUT2D eigenvalue weighted by Crippen LogP contribution is -2.39. The van der Waals surface area contributed by atoms with Crippen molar-refractivity contribution in [2.75, 3.05) is 23.4 Å². The highest BCUT2D eigenvalue weighted by Gasteiger charge is 2.17. The zero-order valence-corrected chi connectivity index (χ0v) is 16.0. The molecular weight excluding hydrogens is 346 g/mol. The van der Waals surface area contributed by atoms with Gasteiger partial charge in [0, 0.05) is 47.8 Å². The highest BCUT2D eigenvalue weighted by atomic mass is 35.5. The maximum atomic E-state index is 12.2. The summed E-state index contributed by atoms with van der Waals surface area (Å²) in [6, 6.07) is 5.69. The second-order valence-corrected chi connectivity index (χ2v) is 7.29. The average molecular weight is 372 g/mol. The summed E-state index contributed by atoms with van der Waals surface area (Å²) in [6.07, 6.45) is 0.474. The van der Waals surface area contributed by atoms with E-state index in [0.29, 0.717) is 12.0 Å². The number of anilines is 1. The monoisotopic (exact) mass is 371 g/mol. The summed E-state index contributed by atoms with van der Waals surface area (Å²) in [6.45, 7) is 6.71. The number of amides is 2. The molecule has 0 bridgehead atoms. The van der Waals surface area contributed by atoms with Gasteiger partial charge in [-0.05, 0) is 44.5 Å². The van der Waals surface area contributed by atoms with Crippen molar-refractivity contribution < 1.29 is 9.59 Å². The maximum absolute atomic E-state index is 12.2. The number of benzene rings is 1. The summed E-state index contributed by atoms with van der Waals surface area (Å²) in [5.41, 5.74) is 2.26. The van der Waals surface area contributed by atoms with Crippen LogP contribution in [0, 0.1) is 6.92 Å². The minimum Gasteiger partial charge on any atom is -0.350 e. The van der Waals surface area contributed by atoms with Gasteiger partial charge in [-0.3, -0.25) is 9.59 Å². The fourth-order valence-electron chi connectivity index (χ4n) is 2.47. The highest BCUT2D eigenvalue weighted by Crippen LogP contribution is 2.18. The molecule has 2 rings (SSSR count). The number of hydrogen-bond acceptors (Lipinski definition) is 4. The number of carbonyl (C=O) groups is 2. The Kier molecular flexibility index (Phi) is 8.59. The molecule has 1 unspecified atom stereocenters. The number of halogens is 1. The van der Waals surface area contributed by atoms with E-state index in [1.807, 2.05) is 38.6 Å². The highest BCUT2D eigenvalue weighted by molar-refractivity contribution is 7.99. The third-order valence-corrected chi connectivity index (χ3v) is 4.74. The van der Waals surface area contributed by atoms with Gasteiger partial charge in [0.25, 0.3) is 5.91 Å². The third kappa shape index (κ3) is 6.34. The molecule has 7 heteroatoms. The summed E-state index contributed by atoms with van der Waals surface area (Å²) >= 11 is 1.88. The molecule has 0 radical (unpaired) electrons. The van der Waals surface area contributed by atoms with Gasteiger partial charge in [0.2, 0.25) is 5.91 Å². The normalized spacial score (nSPS) is 17.1. The van der Waals surface area contributed by atoms with Crippen LogP contribution in [0.4, 0.5) is 5.69 Å². The van der Waals surface area contributed by atoms with Crippen LogP contribution in [0.25, 0.3) is 0 Å². The lowest BCUT2D eigenvalue weighted by molar-refractivity contribution is -0.116. The van der Waals surface area contributed by atoms with E-state index in [-0.39, 0.29) is 36.3 Å². The average Bonchev–Trinajstić information content (AvgIpc) is 2.49. The first-order valence-corrected chi connectivity index (χ1v) is 9.13. The zero-order chi connectivity index (χ0) is 16.8. The van der Waals surface area contributed by atoms with Crippen molar-refractivity contribution in [2.45, 2.75) is 39.3 Å². The minimum absolute atomic E-state index is 0. The van der Waals surface area contributed by atoms with Crippen molar-refractivity contribution >= 4 is 41.7 Å². The van der Waals surface area contributed by atoms with Crippen LogP contribution >= 0.6 is 24.2 Å². The fraction of sp³-hybridized carbons (Fsp3) is 0.529. The number of carbonyl (C=O) groups excluding carboxylic acids is 2. The van der Waals surface area contributed by atoms with Crippen LogP contribution in [0.1, 0.15) is 36.2 Å². The summed E-state index contributed by atoms with van der Waals surface area (Å²) in [5, 5.41) is 9.17. The Morgan fingerprint density at radius 2 is 2.12 bits per heavy atom. The van der Waals surface area contributed by atoms with E-state index in [0.717, 1.165) is 29.3 Å². The lowest BCUT2D eigenvalue weighted by atomic mass is 10.1. The number of nitrogens with one attached hydrogen (secondary N) is 3. The van der Waals surface area contributed by atoms with Crippen LogP contribution in [-0.4, -0.2) is 41.9 Å². The van der Waals surface area contributed by atoms with Crippen molar-refractivity contribution in [1.29, 1.82) is 0 Å². The predicted octanol–water partition coefficient (Wildman–Crippen LogP) is 2.59. The van der Waals surface area contributed by atoms with Gasteiger partial charge < -0.3 is 16.0 Å². The molecule has 24 heavy (non-hydrogen) atoms. The first kappa shape index (κ1) is 20.8. The van der Waals surface area contributed by atoms with Crippen molar-refractivity contribution in [3.63, 3.8) is 0 Å². The maximum Gasteiger partial charge on any atom is 0.251 e. The van der Waals surface area contributed by atoms with Crippen LogP contribution < -0.4 is 16.0 Å². The molecule has 1 saturated heterocycles. The van der Waals surface area contributed by atoms with Crippen molar-refractivity contribution in [3.8, 4) is 0 Å². The van der Waals surface area contributed by atoms with E-state index in [1.54, 1.807) is 12.1 Å². The second kappa shape index (κ2) is 9.91. The van der Waals surface area contributed by atoms with Gasteiger partial charge in [-0.1, -0.05) is 0 Å². The van der Waals surface area contributed by atoms with Gasteiger partial charge in [0.1, 0.15) is 0 Å². The first-order valence-electron chi connectivity index (χ1n) is 7.98. The molecule has 0 saturated carbocycles. The number of rotatable bonds is 5. The Morgan fingerprint density at radius 1 is 1.38 bits per heavy atom. The largest absolute Gasteiger partial charge is 0.350 e.